The van der Waals surface area contributed by atoms with Gasteiger partial charge in [0.25, 0.3) is 0 Å². The monoisotopic (exact) mass is 226 g/mol. The number of aromatic nitrogens is 1. The van der Waals surface area contributed by atoms with Crippen molar-refractivity contribution in [3.8, 4) is 0 Å². The third-order valence-corrected chi connectivity index (χ3v) is 3.85. The van der Waals surface area contributed by atoms with Gasteiger partial charge in [0.15, 0.2) is 4.34 Å². The number of rotatable bonds is 3. The molecule has 2 aromatic rings. The van der Waals surface area contributed by atoms with Crippen LogP contribution in [-0.2, 0) is 0 Å². The van der Waals surface area contributed by atoms with Crippen molar-refractivity contribution in [2.24, 2.45) is 0 Å². The van der Waals surface area contributed by atoms with Crippen LogP contribution in [0.15, 0.2) is 22.5 Å². The molecule has 1 aromatic heterocycles. The summed E-state index contributed by atoms with van der Waals surface area (Å²) in [5.74, 6) is 0.690. The van der Waals surface area contributed by atoms with Gasteiger partial charge in [-0.15, -0.1) is 11.3 Å². The van der Waals surface area contributed by atoms with E-state index in [2.05, 4.69) is 4.98 Å². The average molecular weight is 226 g/mol. The van der Waals surface area contributed by atoms with E-state index in [4.69, 9.17) is 10.8 Å². The van der Waals surface area contributed by atoms with Crippen molar-refractivity contribution in [2.45, 2.75) is 4.34 Å². The number of thiazole rings is 1. The highest BCUT2D eigenvalue weighted by Gasteiger charge is 2.03. The second kappa shape index (κ2) is 4.16. The smallest absolute Gasteiger partial charge is 0.151 e. The van der Waals surface area contributed by atoms with Gasteiger partial charge in [-0.1, -0.05) is 11.8 Å². The molecule has 0 amide bonds. The van der Waals surface area contributed by atoms with Crippen LogP contribution in [-0.4, -0.2) is 22.5 Å². The van der Waals surface area contributed by atoms with Gasteiger partial charge >= 0.3 is 0 Å². The van der Waals surface area contributed by atoms with E-state index >= 15 is 0 Å². The number of aliphatic hydroxyl groups is 1. The summed E-state index contributed by atoms with van der Waals surface area (Å²) in [5, 5.41) is 8.68. The standard InChI is InChI=1S/C9H10N2OS2/c10-6-1-2-7-8(5-6)14-9(11-7)13-4-3-12/h1-2,5,12H,3-4,10H2. The SMILES string of the molecule is Nc1ccc2nc(SCCO)sc2c1. The van der Waals surface area contributed by atoms with Crippen molar-refractivity contribution in [3.05, 3.63) is 18.2 Å². The van der Waals surface area contributed by atoms with Crippen LogP contribution >= 0.6 is 23.1 Å². The maximum absolute atomic E-state index is 8.68. The Morgan fingerprint density at radius 3 is 3.14 bits per heavy atom. The molecule has 74 valence electrons. The first kappa shape index (κ1) is 9.76. The van der Waals surface area contributed by atoms with E-state index in [-0.39, 0.29) is 6.61 Å². The van der Waals surface area contributed by atoms with Gasteiger partial charge in [-0.25, -0.2) is 4.98 Å². The van der Waals surface area contributed by atoms with E-state index < -0.39 is 0 Å². The number of anilines is 1. The van der Waals surface area contributed by atoms with E-state index in [9.17, 15) is 0 Å². The lowest BCUT2D eigenvalue weighted by Gasteiger charge is -1.89. The van der Waals surface area contributed by atoms with Crippen molar-refractivity contribution in [1.29, 1.82) is 0 Å². The lowest BCUT2D eigenvalue weighted by atomic mass is 10.3. The highest BCUT2D eigenvalue weighted by molar-refractivity contribution is 8.01. The van der Waals surface area contributed by atoms with Crippen LogP contribution < -0.4 is 5.73 Å². The van der Waals surface area contributed by atoms with Crippen molar-refractivity contribution >= 4 is 39.0 Å². The summed E-state index contributed by atoms with van der Waals surface area (Å²) in [6.45, 7) is 0.183. The van der Waals surface area contributed by atoms with Crippen molar-refractivity contribution < 1.29 is 5.11 Å². The predicted molar refractivity (Wildman–Crippen MR) is 61.8 cm³/mol. The first-order valence-electron chi connectivity index (χ1n) is 4.19. The molecule has 3 nitrogen and oxygen atoms in total. The Bertz CT molecular complexity index is 441. The van der Waals surface area contributed by atoms with Crippen LogP contribution in [0.1, 0.15) is 0 Å². The molecule has 3 N–H and O–H groups in total. The number of aliphatic hydroxyl groups excluding tert-OH is 1. The molecule has 1 heterocycles. The maximum Gasteiger partial charge on any atom is 0.151 e. The number of benzene rings is 1. The topological polar surface area (TPSA) is 59.1 Å². The number of hydrogen-bond donors (Lipinski definition) is 2. The van der Waals surface area contributed by atoms with Gasteiger partial charge in [0.1, 0.15) is 0 Å². The molecule has 5 heteroatoms. The van der Waals surface area contributed by atoms with Crippen molar-refractivity contribution in [2.75, 3.05) is 18.1 Å². The van der Waals surface area contributed by atoms with Gasteiger partial charge in [-0.2, -0.15) is 0 Å². The first-order valence-corrected chi connectivity index (χ1v) is 5.99. The summed E-state index contributed by atoms with van der Waals surface area (Å²) >= 11 is 3.18. The highest BCUT2D eigenvalue weighted by Crippen LogP contribution is 2.30. The van der Waals surface area contributed by atoms with Gasteiger partial charge in [-0.05, 0) is 18.2 Å². The molecule has 0 bridgehead atoms. The second-order valence-electron chi connectivity index (χ2n) is 2.78. The highest BCUT2D eigenvalue weighted by atomic mass is 32.2. The maximum atomic E-state index is 8.68. The fourth-order valence-corrected chi connectivity index (χ4v) is 3.04. The van der Waals surface area contributed by atoms with Crippen LogP contribution in [0.2, 0.25) is 0 Å². The molecular formula is C9H10N2OS2. The van der Waals surface area contributed by atoms with Crippen LogP contribution in [0.25, 0.3) is 10.2 Å². The zero-order valence-electron chi connectivity index (χ0n) is 7.43. The second-order valence-corrected chi connectivity index (χ2v) is 5.15. The van der Waals surface area contributed by atoms with Gasteiger partial charge in [0, 0.05) is 11.4 Å². The lowest BCUT2D eigenvalue weighted by Crippen LogP contribution is -1.84. The number of nitrogen functional groups attached to an aromatic ring is 1. The Kier molecular flexibility index (Phi) is 2.90. The molecule has 0 atom stereocenters. The van der Waals surface area contributed by atoms with Gasteiger partial charge in [0.05, 0.1) is 16.8 Å². The minimum absolute atomic E-state index is 0.183. The zero-order valence-corrected chi connectivity index (χ0v) is 9.07. The molecule has 0 radical (unpaired) electrons. The molecule has 0 saturated carbocycles. The molecular weight excluding hydrogens is 216 g/mol. The number of nitrogens with two attached hydrogens (primary N) is 1. The summed E-state index contributed by atoms with van der Waals surface area (Å²) in [6, 6.07) is 5.70. The minimum atomic E-state index is 0.183. The number of nitrogens with zero attached hydrogens (tertiary/aromatic N) is 1. The van der Waals surface area contributed by atoms with Gasteiger partial charge in [-0.3, -0.25) is 0 Å². The summed E-state index contributed by atoms with van der Waals surface area (Å²) in [6.07, 6.45) is 0. The van der Waals surface area contributed by atoms with Crippen LogP contribution in [0.4, 0.5) is 5.69 Å². The molecule has 1 aromatic carbocycles. The molecule has 14 heavy (non-hydrogen) atoms. The summed E-state index contributed by atoms with van der Waals surface area (Å²) in [4.78, 5) is 4.41. The Morgan fingerprint density at radius 2 is 2.36 bits per heavy atom. The summed E-state index contributed by atoms with van der Waals surface area (Å²) < 4.78 is 2.09. The zero-order chi connectivity index (χ0) is 9.97. The van der Waals surface area contributed by atoms with Crippen molar-refractivity contribution in [1.82, 2.24) is 4.98 Å². The quantitative estimate of drug-likeness (QED) is 0.620. The van der Waals surface area contributed by atoms with Crippen molar-refractivity contribution in [3.63, 3.8) is 0 Å². The van der Waals surface area contributed by atoms with E-state index in [1.807, 2.05) is 18.2 Å². The first-order chi connectivity index (χ1) is 6.79. The number of fused-ring (bicyclic) bond motifs is 1. The Hall–Kier alpha value is -0.780. The molecule has 0 spiro atoms. The van der Waals surface area contributed by atoms with E-state index in [0.29, 0.717) is 5.75 Å². The molecule has 0 aliphatic carbocycles. The van der Waals surface area contributed by atoms with E-state index in [1.165, 1.54) is 0 Å². The number of hydrogen-bond acceptors (Lipinski definition) is 5. The lowest BCUT2D eigenvalue weighted by molar-refractivity contribution is 0.322. The molecule has 0 fully saturated rings. The van der Waals surface area contributed by atoms with E-state index in [1.54, 1.807) is 23.1 Å². The fourth-order valence-electron chi connectivity index (χ4n) is 1.11. The van der Waals surface area contributed by atoms with Gasteiger partial charge < -0.3 is 10.8 Å². The van der Waals surface area contributed by atoms with Crippen LogP contribution in [0, 0.1) is 0 Å². The average Bonchev–Trinajstić information content (AvgIpc) is 2.56. The normalized spacial score (nSPS) is 10.9. The predicted octanol–water partition coefficient (Wildman–Crippen LogP) is 1.96. The third kappa shape index (κ3) is 2.00. The largest absolute Gasteiger partial charge is 0.399 e. The molecule has 0 saturated heterocycles. The fraction of sp³-hybridized carbons (Fsp3) is 0.222. The Morgan fingerprint density at radius 1 is 1.50 bits per heavy atom. The molecule has 0 unspecified atom stereocenters. The summed E-state index contributed by atoms with van der Waals surface area (Å²) in [7, 11) is 0. The summed E-state index contributed by atoms with van der Waals surface area (Å²) in [5.41, 5.74) is 7.41. The minimum Gasteiger partial charge on any atom is -0.399 e. The van der Waals surface area contributed by atoms with E-state index in [0.717, 1.165) is 20.2 Å². The molecule has 0 aliphatic heterocycles. The Labute approximate surface area is 90.0 Å². The van der Waals surface area contributed by atoms with Crippen LogP contribution in [0.3, 0.4) is 0 Å². The Balaban J connectivity index is 2.32. The molecule has 2 rings (SSSR count). The third-order valence-electron chi connectivity index (χ3n) is 1.71. The van der Waals surface area contributed by atoms with Gasteiger partial charge in [0.2, 0.25) is 0 Å². The van der Waals surface area contributed by atoms with Crippen LogP contribution in [0.5, 0.6) is 0 Å². The molecule has 0 aliphatic rings. The number of thioether (sulfide) groups is 1.